The van der Waals surface area contributed by atoms with E-state index in [-0.39, 0.29) is 5.91 Å². The minimum absolute atomic E-state index is 0.0719. The van der Waals surface area contributed by atoms with Gasteiger partial charge in [-0.3, -0.25) is 4.79 Å². The Kier molecular flexibility index (Phi) is 4.90. The van der Waals surface area contributed by atoms with Crippen LogP contribution in [0.4, 0.5) is 0 Å². The Morgan fingerprint density at radius 1 is 1.24 bits per heavy atom. The van der Waals surface area contributed by atoms with Crippen molar-refractivity contribution >= 4 is 29.3 Å². The average Bonchev–Trinajstić information content (AvgIpc) is 2.90. The van der Waals surface area contributed by atoms with Crippen molar-refractivity contribution in [2.75, 3.05) is 0 Å². The maximum atomic E-state index is 12.0. The van der Waals surface area contributed by atoms with Crippen molar-refractivity contribution in [1.29, 1.82) is 0 Å². The first-order valence-electron chi connectivity index (χ1n) is 6.38. The Morgan fingerprint density at radius 3 is 2.52 bits per heavy atom. The highest BCUT2D eigenvalue weighted by Crippen LogP contribution is 2.15. The van der Waals surface area contributed by atoms with E-state index in [9.17, 15) is 9.59 Å². The zero-order valence-corrected chi connectivity index (χ0v) is 12.3. The molecule has 1 amide bonds. The van der Waals surface area contributed by atoms with Crippen LogP contribution in [0.5, 0.6) is 0 Å². The third-order valence-electron chi connectivity index (χ3n) is 2.92. The normalized spacial score (nSPS) is 10.7. The molecular weight excluding hydrogens is 286 g/mol. The molecule has 108 valence electrons. The van der Waals surface area contributed by atoms with Crippen LogP contribution in [0.15, 0.2) is 41.8 Å². The maximum Gasteiger partial charge on any atom is 0.328 e. The average molecular weight is 301 g/mol. The summed E-state index contributed by atoms with van der Waals surface area (Å²) in [6.45, 7) is 2.36. The number of carbonyl (C=O) groups excluding carboxylic acids is 1. The lowest BCUT2D eigenvalue weighted by molar-refractivity contribution is -0.131. The summed E-state index contributed by atoms with van der Waals surface area (Å²) in [5.74, 6) is -1.05. The van der Waals surface area contributed by atoms with Crippen LogP contribution in [0.1, 0.15) is 26.4 Å². The van der Waals surface area contributed by atoms with Crippen molar-refractivity contribution in [2.24, 2.45) is 0 Å². The van der Waals surface area contributed by atoms with Gasteiger partial charge < -0.3 is 10.4 Å². The number of thiophene rings is 1. The molecule has 0 aliphatic heterocycles. The van der Waals surface area contributed by atoms with Crippen LogP contribution in [0, 0.1) is 6.92 Å². The van der Waals surface area contributed by atoms with Gasteiger partial charge in [0.2, 0.25) is 0 Å². The van der Waals surface area contributed by atoms with E-state index in [4.69, 9.17) is 5.11 Å². The summed E-state index contributed by atoms with van der Waals surface area (Å²) in [6.07, 6.45) is 2.62. The van der Waals surface area contributed by atoms with Crippen molar-refractivity contribution in [3.8, 4) is 0 Å². The lowest BCUT2D eigenvalue weighted by Crippen LogP contribution is -2.22. The van der Waals surface area contributed by atoms with E-state index in [1.807, 2.05) is 42.6 Å². The molecule has 1 aromatic heterocycles. The lowest BCUT2D eigenvalue weighted by atomic mass is 10.1. The van der Waals surface area contributed by atoms with E-state index >= 15 is 0 Å². The molecule has 0 radical (unpaired) electrons. The molecule has 5 heteroatoms. The zero-order chi connectivity index (χ0) is 15.2. The van der Waals surface area contributed by atoms with Crippen LogP contribution in [-0.2, 0) is 11.3 Å². The van der Waals surface area contributed by atoms with Gasteiger partial charge in [0, 0.05) is 12.6 Å². The van der Waals surface area contributed by atoms with E-state index in [1.165, 1.54) is 17.4 Å². The molecule has 0 saturated heterocycles. The van der Waals surface area contributed by atoms with Crippen molar-refractivity contribution in [2.45, 2.75) is 13.5 Å². The van der Waals surface area contributed by atoms with Crippen LogP contribution in [-0.4, -0.2) is 17.0 Å². The Hall–Kier alpha value is -2.40. The number of carboxylic acids is 1. The first-order chi connectivity index (χ1) is 10.1. The smallest absolute Gasteiger partial charge is 0.328 e. The molecule has 2 aromatic rings. The molecule has 0 spiro atoms. The Bertz CT molecular complexity index is 671. The second kappa shape index (κ2) is 6.85. The van der Waals surface area contributed by atoms with Crippen LogP contribution >= 0.6 is 11.3 Å². The first-order valence-corrected chi connectivity index (χ1v) is 7.26. The Labute approximate surface area is 126 Å². The lowest BCUT2D eigenvalue weighted by Gasteiger charge is -2.05. The summed E-state index contributed by atoms with van der Waals surface area (Å²) >= 11 is 1.43. The van der Waals surface area contributed by atoms with Crippen molar-refractivity contribution in [3.63, 3.8) is 0 Å². The number of hydrogen-bond donors (Lipinski definition) is 2. The van der Waals surface area contributed by atoms with Gasteiger partial charge >= 0.3 is 5.97 Å². The molecule has 0 aliphatic rings. The number of carboxylic acid groups (broad SMARTS) is 1. The van der Waals surface area contributed by atoms with Crippen LogP contribution < -0.4 is 5.32 Å². The first kappa shape index (κ1) is 15.0. The van der Waals surface area contributed by atoms with E-state index in [0.717, 1.165) is 27.6 Å². The van der Waals surface area contributed by atoms with Crippen molar-refractivity contribution in [1.82, 2.24) is 5.32 Å². The van der Waals surface area contributed by atoms with Gasteiger partial charge in [0.05, 0.1) is 4.88 Å². The fourth-order valence-electron chi connectivity index (χ4n) is 1.78. The van der Waals surface area contributed by atoms with E-state index in [2.05, 4.69) is 5.32 Å². The van der Waals surface area contributed by atoms with E-state index in [1.54, 1.807) is 0 Å². The molecule has 21 heavy (non-hydrogen) atoms. The van der Waals surface area contributed by atoms with Gasteiger partial charge in [0.15, 0.2) is 0 Å². The number of rotatable bonds is 5. The third-order valence-corrected chi connectivity index (χ3v) is 3.93. The number of hydrogen-bond acceptors (Lipinski definition) is 3. The topological polar surface area (TPSA) is 66.4 Å². The molecule has 2 rings (SSSR count). The number of aliphatic carboxylic acids is 1. The molecule has 0 aliphatic carbocycles. The quantitative estimate of drug-likeness (QED) is 0.834. The summed E-state index contributed by atoms with van der Waals surface area (Å²) in [5, 5.41) is 13.3. The minimum atomic E-state index is -0.974. The molecule has 0 saturated carbocycles. The molecule has 0 fully saturated rings. The van der Waals surface area contributed by atoms with E-state index in [0.29, 0.717) is 6.54 Å². The van der Waals surface area contributed by atoms with E-state index < -0.39 is 5.97 Å². The second-order valence-electron chi connectivity index (χ2n) is 4.53. The molecule has 0 bridgehead atoms. The summed E-state index contributed by atoms with van der Waals surface area (Å²) in [4.78, 5) is 23.1. The largest absolute Gasteiger partial charge is 0.478 e. The highest BCUT2D eigenvalue weighted by molar-refractivity contribution is 7.12. The predicted molar refractivity (Wildman–Crippen MR) is 83.3 cm³/mol. The number of aryl methyl sites for hydroxylation is 1. The SMILES string of the molecule is Cc1ccsc1C(=O)NCc1ccc(C=CC(=O)O)cc1. The molecular formula is C16H15NO3S. The fourth-order valence-corrected chi connectivity index (χ4v) is 2.62. The second-order valence-corrected chi connectivity index (χ2v) is 5.44. The number of carbonyl (C=O) groups is 2. The summed E-state index contributed by atoms with van der Waals surface area (Å²) in [6, 6.07) is 9.28. The molecule has 4 nitrogen and oxygen atoms in total. The monoisotopic (exact) mass is 301 g/mol. The Balaban J connectivity index is 1.93. The van der Waals surface area contributed by atoms with Crippen LogP contribution in [0.3, 0.4) is 0 Å². The Morgan fingerprint density at radius 2 is 1.95 bits per heavy atom. The van der Waals surface area contributed by atoms with Crippen molar-refractivity contribution in [3.05, 3.63) is 63.4 Å². The van der Waals surface area contributed by atoms with Crippen molar-refractivity contribution < 1.29 is 14.7 Å². The van der Waals surface area contributed by atoms with Gasteiger partial charge in [-0.2, -0.15) is 0 Å². The van der Waals surface area contributed by atoms with Gasteiger partial charge in [-0.1, -0.05) is 24.3 Å². The molecule has 1 aromatic carbocycles. The highest BCUT2D eigenvalue weighted by Gasteiger charge is 2.09. The highest BCUT2D eigenvalue weighted by atomic mass is 32.1. The van der Waals surface area contributed by atoms with Gasteiger partial charge in [0.25, 0.3) is 5.91 Å². The minimum Gasteiger partial charge on any atom is -0.478 e. The summed E-state index contributed by atoms with van der Waals surface area (Å²) in [7, 11) is 0. The fraction of sp³-hybridized carbons (Fsp3) is 0.125. The van der Waals surface area contributed by atoms with Crippen LogP contribution in [0.25, 0.3) is 6.08 Å². The molecule has 0 atom stereocenters. The predicted octanol–water partition coefficient (Wildman–Crippen LogP) is 3.08. The standard InChI is InChI=1S/C16H15NO3S/c1-11-8-9-21-15(11)16(20)17-10-13-4-2-12(3-5-13)6-7-14(18)19/h2-9H,10H2,1H3,(H,17,20)(H,18,19). The van der Waals surface area contributed by atoms with Gasteiger partial charge in [-0.25, -0.2) is 4.79 Å². The number of benzene rings is 1. The third kappa shape index (κ3) is 4.29. The zero-order valence-electron chi connectivity index (χ0n) is 11.5. The molecule has 0 unspecified atom stereocenters. The van der Waals surface area contributed by atoms with Crippen LogP contribution in [0.2, 0.25) is 0 Å². The molecule has 2 N–H and O–H groups in total. The number of nitrogens with one attached hydrogen (secondary N) is 1. The summed E-state index contributed by atoms with van der Waals surface area (Å²) < 4.78 is 0. The molecule has 1 heterocycles. The number of amides is 1. The summed E-state index contributed by atoms with van der Waals surface area (Å²) in [5.41, 5.74) is 2.75. The van der Waals surface area contributed by atoms with Gasteiger partial charge in [-0.05, 0) is 41.1 Å². The maximum absolute atomic E-state index is 12.0. The van der Waals surface area contributed by atoms with Gasteiger partial charge in [-0.15, -0.1) is 11.3 Å². The van der Waals surface area contributed by atoms with Gasteiger partial charge in [0.1, 0.15) is 0 Å².